The predicted molar refractivity (Wildman–Crippen MR) is 103 cm³/mol. The van der Waals surface area contributed by atoms with Crippen LogP contribution >= 0.6 is 11.6 Å². The SMILES string of the molecule is O=C(CCc1nc(-c2ccc(Cl)cc2)no1)Nc1cccc2cccnc12. The molecule has 0 aliphatic rings. The van der Waals surface area contributed by atoms with Crippen molar-refractivity contribution in [2.24, 2.45) is 0 Å². The van der Waals surface area contributed by atoms with Crippen LogP contribution in [0.25, 0.3) is 22.3 Å². The number of para-hydroxylation sites is 1. The van der Waals surface area contributed by atoms with Crippen molar-refractivity contribution in [1.29, 1.82) is 0 Å². The Morgan fingerprint density at radius 3 is 2.74 bits per heavy atom. The van der Waals surface area contributed by atoms with Gasteiger partial charge in [-0.15, -0.1) is 0 Å². The van der Waals surface area contributed by atoms with Crippen molar-refractivity contribution in [2.75, 3.05) is 5.32 Å². The van der Waals surface area contributed by atoms with Crippen LogP contribution in [0.1, 0.15) is 12.3 Å². The van der Waals surface area contributed by atoms with E-state index in [9.17, 15) is 4.79 Å². The first-order valence-electron chi connectivity index (χ1n) is 8.41. The number of anilines is 1. The molecule has 1 N–H and O–H groups in total. The smallest absolute Gasteiger partial charge is 0.227 e. The van der Waals surface area contributed by atoms with Gasteiger partial charge in [0.2, 0.25) is 17.6 Å². The maximum atomic E-state index is 12.3. The third-order valence-electron chi connectivity index (χ3n) is 4.04. The molecule has 0 aliphatic heterocycles. The first-order chi connectivity index (χ1) is 13.2. The largest absolute Gasteiger partial charge is 0.339 e. The van der Waals surface area contributed by atoms with Crippen molar-refractivity contribution in [3.63, 3.8) is 0 Å². The fourth-order valence-electron chi connectivity index (χ4n) is 2.71. The lowest BCUT2D eigenvalue weighted by Gasteiger charge is -2.07. The van der Waals surface area contributed by atoms with E-state index in [0.29, 0.717) is 28.8 Å². The van der Waals surface area contributed by atoms with E-state index in [-0.39, 0.29) is 12.3 Å². The minimum Gasteiger partial charge on any atom is -0.339 e. The normalized spacial score (nSPS) is 10.9. The van der Waals surface area contributed by atoms with Crippen molar-refractivity contribution < 1.29 is 9.32 Å². The van der Waals surface area contributed by atoms with Crippen LogP contribution in [0.3, 0.4) is 0 Å². The maximum absolute atomic E-state index is 12.3. The lowest BCUT2D eigenvalue weighted by Crippen LogP contribution is -2.13. The highest BCUT2D eigenvalue weighted by Gasteiger charge is 2.12. The van der Waals surface area contributed by atoms with Crippen LogP contribution in [0.4, 0.5) is 5.69 Å². The second-order valence-electron chi connectivity index (χ2n) is 5.95. The average molecular weight is 379 g/mol. The van der Waals surface area contributed by atoms with Crippen LogP contribution in [0, 0.1) is 0 Å². The monoisotopic (exact) mass is 378 g/mol. The summed E-state index contributed by atoms with van der Waals surface area (Å²) >= 11 is 5.88. The first kappa shape index (κ1) is 17.2. The van der Waals surface area contributed by atoms with Gasteiger partial charge in [-0.3, -0.25) is 9.78 Å². The van der Waals surface area contributed by atoms with E-state index in [1.165, 1.54) is 0 Å². The van der Waals surface area contributed by atoms with Crippen LogP contribution in [0.15, 0.2) is 65.3 Å². The van der Waals surface area contributed by atoms with Crippen LogP contribution < -0.4 is 5.32 Å². The van der Waals surface area contributed by atoms with Gasteiger partial charge >= 0.3 is 0 Å². The molecule has 0 saturated carbocycles. The van der Waals surface area contributed by atoms with Crippen LogP contribution in [-0.4, -0.2) is 21.0 Å². The summed E-state index contributed by atoms with van der Waals surface area (Å²) in [5.41, 5.74) is 2.25. The molecule has 27 heavy (non-hydrogen) atoms. The number of nitrogens with zero attached hydrogens (tertiary/aromatic N) is 3. The molecule has 7 heteroatoms. The van der Waals surface area contributed by atoms with Gasteiger partial charge in [0.1, 0.15) is 0 Å². The molecule has 0 saturated heterocycles. The molecule has 6 nitrogen and oxygen atoms in total. The standard InChI is InChI=1S/C20H15ClN4O2/c21-15-8-6-14(7-9-15)20-24-18(27-25-20)11-10-17(26)23-16-5-1-3-13-4-2-12-22-19(13)16/h1-9,12H,10-11H2,(H,23,26). The molecular weight excluding hydrogens is 364 g/mol. The highest BCUT2D eigenvalue weighted by molar-refractivity contribution is 6.30. The summed E-state index contributed by atoms with van der Waals surface area (Å²) < 4.78 is 5.23. The fraction of sp³-hybridized carbons (Fsp3) is 0.100. The highest BCUT2D eigenvalue weighted by atomic mass is 35.5. The number of aryl methyl sites for hydroxylation is 1. The van der Waals surface area contributed by atoms with Crippen LogP contribution in [0.2, 0.25) is 5.02 Å². The van der Waals surface area contributed by atoms with Crippen molar-refractivity contribution in [2.45, 2.75) is 12.8 Å². The number of benzene rings is 2. The molecule has 0 bridgehead atoms. The Balaban J connectivity index is 1.40. The zero-order valence-corrected chi connectivity index (χ0v) is 15.0. The number of carbonyl (C=O) groups is 1. The summed E-state index contributed by atoms with van der Waals surface area (Å²) in [6.07, 6.45) is 2.28. The number of hydrogen-bond acceptors (Lipinski definition) is 5. The number of nitrogens with one attached hydrogen (secondary N) is 1. The molecule has 0 aliphatic carbocycles. The summed E-state index contributed by atoms with van der Waals surface area (Å²) in [6, 6.07) is 16.6. The van der Waals surface area contributed by atoms with E-state index in [2.05, 4.69) is 20.4 Å². The topological polar surface area (TPSA) is 80.9 Å². The second kappa shape index (κ2) is 7.55. The summed E-state index contributed by atoms with van der Waals surface area (Å²) in [6.45, 7) is 0. The molecule has 4 aromatic rings. The average Bonchev–Trinajstić information content (AvgIpc) is 3.16. The molecule has 1 amide bonds. The quantitative estimate of drug-likeness (QED) is 0.552. The predicted octanol–water partition coefficient (Wildman–Crippen LogP) is 4.51. The summed E-state index contributed by atoms with van der Waals surface area (Å²) in [4.78, 5) is 21.0. The zero-order valence-electron chi connectivity index (χ0n) is 14.2. The number of fused-ring (bicyclic) bond motifs is 1. The van der Waals surface area contributed by atoms with Gasteiger partial charge in [0.05, 0.1) is 11.2 Å². The van der Waals surface area contributed by atoms with Gasteiger partial charge in [0.25, 0.3) is 0 Å². The van der Waals surface area contributed by atoms with Crippen molar-refractivity contribution in [3.05, 3.63) is 71.7 Å². The molecule has 0 radical (unpaired) electrons. The van der Waals surface area contributed by atoms with Crippen molar-refractivity contribution in [1.82, 2.24) is 15.1 Å². The number of halogens is 1. The molecular formula is C20H15ClN4O2. The molecule has 2 aromatic heterocycles. The summed E-state index contributed by atoms with van der Waals surface area (Å²) in [5.74, 6) is 0.742. The third kappa shape index (κ3) is 3.96. The van der Waals surface area contributed by atoms with Gasteiger partial charge in [0, 0.05) is 35.0 Å². The van der Waals surface area contributed by atoms with Gasteiger partial charge in [-0.1, -0.05) is 35.0 Å². The van der Waals surface area contributed by atoms with Crippen LogP contribution in [0.5, 0.6) is 0 Å². The summed E-state index contributed by atoms with van der Waals surface area (Å²) in [5, 5.41) is 8.45. The van der Waals surface area contributed by atoms with Crippen molar-refractivity contribution >= 4 is 34.1 Å². The molecule has 0 fully saturated rings. The lowest BCUT2D eigenvalue weighted by molar-refractivity contribution is -0.116. The maximum Gasteiger partial charge on any atom is 0.227 e. The van der Waals surface area contributed by atoms with Gasteiger partial charge in [-0.25, -0.2) is 0 Å². The molecule has 2 heterocycles. The molecule has 4 rings (SSSR count). The van der Waals surface area contributed by atoms with E-state index < -0.39 is 0 Å². The highest BCUT2D eigenvalue weighted by Crippen LogP contribution is 2.21. The number of pyridine rings is 1. The number of rotatable bonds is 5. The molecule has 0 unspecified atom stereocenters. The van der Waals surface area contributed by atoms with E-state index in [1.807, 2.05) is 42.5 Å². The van der Waals surface area contributed by atoms with E-state index in [4.69, 9.17) is 16.1 Å². The zero-order chi connectivity index (χ0) is 18.6. The fourth-order valence-corrected chi connectivity index (χ4v) is 2.84. The van der Waals surface area contributed by atoms with Gasteiger partial charge < -0.3 is 9.84 Å². The summed E-state index contributed by atoms with van der Waals surface area (Å²) in [7, 11) is 0. The Kier molecular flexibility index (Phi) is 4.80. The van der Waals surface area contributed by atoms with E-state index in [1.54, 1.807) is 18.3 Å². The molecule has 134 valence electrons. The van der Waals surface area contributed by atoms with E-state index in [0.717, 1.165) is 16.5 Å². The molecule has 0 spiro atoms. The van der Waals surface area contributed by atoms with Crippen LogP contribution in [-0.2, 0) is 11.2 Å². The minimum absolute atomic E-state index is 0.139. The second-order valence-corrected chi connectivity index (χ2v) is 6.38. The Labute approximate surface area is 160 Å². The number of hydrogen-bond donors (Lipinski definition) is 1. The molecule has 0 atom stereocenters. The Morgan fingerprint density at radius 2 is 1.89 bits per heavy atom. The van der Waals surface area contributed by atoms with Gasteiger partial charge in [0.15, 0.2) is 0 Å². The first-order valence-corrected chi connectivity index (χ1v) is 8.79. The van der Waals surface area contributed by atoms with E-state index >= 15 is 0 Å². The Hall–Kier alpha value is -3.25. The van der Waals surface area contributed by atoms with Gasteiger partial charge in [-0.05, 0) is 36.4 Å². The Bertz CT molecular complexity index is 1090. The number of aromatic nitrogens is 3. The number of carbonyl (C=O) groups excluding carboxylic acids is 1. The molecule has 2 aromatic carbocycles. The number of amides is 1. The third-order valence-corrected chi connectivity index (χ3v) is 4.30. The lowest BCUT2D eigenvalue weighted by atomic mass is 10.2. The minimum atomic E-state index is -0.139. The van der Waals surface area contributed by atoms with Gasteiger partial charge in [-0.2, -0.15) is 4.98 Å². The Morgan fingerprint density at radius 1 is 1.07 bits per heavy atom. The van der Waals surface area contributed by atoms with Crippen molar-refractivity contribution in [3.8, 4) is 11.4 Å².